The number of carbonyl (C=O) groups is 1. The molecule has 0 spiro atoms. The summed E-state index contributed by atoms with van der Waals surface area (Å²) in [6, 6.07) is 25.6. The molecule has 0 heterocycles. The zero-order chi connectivity index (χ0) is 20.9. The third-order valence-corrected chi connectivity index (χ3v) is 6.04. The Labute approximate surface area is 179 Å². The Morgan fingerprint density at radius 2 is 1.38 bits per heavy atom. The third-order valence-electron chi connectivity index (χ3n) is 4.37. The van der Waals surface area contributed by atoms with Gasteiger partial charge in [0, 0.05) is 4.47 Å². The Hall–Kier alpha value is -2.64. The van der Waals surface area contributed by atoms with Gasteiger partial charge in [0.2, 0.25) is 15.9 Å². The van der Waals surface area contributed by atoms with E-state index in [-0.39, 0.29) is 12.6 Å². The van der Waals surface area contributed by atoms with Gasteiger partial charge in [-0.25, -0.2) is 8.42 Å². The van der Waals surface area contributed by atoms with Crippen molar-refractivity contribution in [1.82, 2.24) is 5.32 Å². The summed E-state index contributed by atoms with van der Waals surface area (Å²) in [4.78, 5) is 12.9. The van der Waals surface area contributed by atoms with Crippen molar-refractivity contribution in [2.24, 2.45) is 0 Å². The van der Waals surface area contributed by atoms with Crippen molar-refractivity contribution >= 4 is 37.5 Å². The Bertz CT molecular complexity index is 1020. The molecule has 0 aromatic heterocycles. The van der Waals surface area contributed by atoms with Crippen LogP contribution in [0.15, 0.2) is 89.4 Å². The minimum atomic E-state index is -3.63. The van der Waals surface area contributed by atoms with Crippen LogP contribution in [0.4, 0.5) is 5.69 Å². The van der Waals surface area contributed by atoms with Crippen molar-refractivity contribution in [3.8, 4) is 0 Å². The second kappa shape index (κ2) is 9.24. The molecule has 3 aromatic carbocycles. The van der Waals surface area contributed by atoms with Gasteiger partial charge in [0.25, 0.3) is 0 Å². The topological polar surface area (TPSA) is 66.5 Å². The molecule has 0 fully saturated rings. The van der Waals surface area contributed by atoms with Crippen LogP contribution in [0.1, 0.15) is 17.2 Å². The number of hydrogen-bond donors (Lipinski definition) is 1. The summed E-state index contributed by atoms with van der Waals surface area (Å²) >= 11 is 3.33. The molecule has 0 bridgehead atoms. The molecule has 0 atom stereocenters. The normalized spacial score (nSPS) is 11.3. The number of carbonyl (C=O) groups excluding carboxylic acids is 1. The minimum Gasteiger partial charge on any atom is -0.344 e. The Balaban J connectivity index is 1.86. The molecule has 1 amide bonds. The Kier molecular flexibility index (Phi) is 6.71. The van der Waals surface area contributed by atoms with E-state index >= 15 is 0 Å². The molecule has 3 aromatic rings. The van der Waals surface area contributed by atoms with Crippen molar-refractivity contribution in [3.63, 3.8) is 0 Å². The lowest BCUT2D eigenvalue weighted by Crippen LogP contribution is -2.41. The van der Waals surface area contributed by atoms with Gasteiger partial charge >= 0.3 is 0 Å². The van der Waals surface area contributed by atoms with Gasteiger partial charge in [-0.15, -0.1) is 0 Å². The van der Waals surface area contributed by atoms with Crippen molar-refractivity contribution in [3.05, 3.63) is 101 Å². The summed E-state index contributed by atoms with van der Waals surface area (Å²) in [5.74, 6) is -0.393. The molecule has 0 saturated carbocycles. The Morgan fingerprint density at radius 3 is 1.83 bits per heavy atom. The van der Waals surface area contributed by atoms with Crippen LogP contribution in [-0.2, 0) is 14.8 Å². The number of anilines is 1. The zero-order valence-electron chi connectivity index (χ0n) is 15.8. The fourth-order valence-corrected chi connectivity index (χ4v) is 4.12. The van der Waals surface area contributed by atoms with Crippen LogP contribution in [0.5, 0.6) is 0 Å². The first-order valence-corrected chi connectivity index (χ1v) is 11.6. The standard InChI is InChI=1S/C22H21BrN2O3S/c1-29(27,28)25(20-14-12-19(23)13-15-20)16-21(26)24-22(17-8-4-2-5-9-17)18-10-6-3-7-11-18/h2-15,22H,16H2,1H3,(H,24,26). The molecule has 0 aliphatic heterocycles. The summed E-state index contributed by atoms with van der Waals surface area (Å²) in [5.41, 5.74) is 2.27. The van der Waals surface area contributed by atoms with Crippen LogP contribution in [0.2, 0.25) is 0 Å². The third kappa shape index (κ3) is 5.68. The van der Waals surface area contributed by atoms with Gasteiger partial charge in [0.15, 0.2) is 0 Å². The molecule has 0 radical (unpaired) electrons. The number of nitrogens with one attached hydrogen (secondary N) is 1. The van der Waals surface area contributed by atoms with E-state index < -0.39 is 15.9 Å². The van der Waals surface area contributed by atoms with Crippen molar-refractivity contribution in [1.29, 1.82) is 0 Å². The highest BCUT2D eigenvalue weighted by Crippen LogP contribution is 2.23. The van der Waals surface area contributed by atoms with Gasteiger partial charge in [-0.3, -0.25) is 9.10 Å². The SMILES string of the molecule is CS(=O)(=O)N(CC(=O)NC(c1ccccc1)c1ccccc1)c1ccc(Br)cc1. The van der Waals surface area contributed by atoms with E-state index in [0.717, 1.165) is 26.2 Å². The van der Waals surface area contributed by atoms with Gasteiger partial charge in [-0.2, -0.15) is 0 Å². The lowest BCUT2D eigenvalue weighted by Gasteiger charge is -2.25. The molecule has 0 unspecified atom stereocenters. The average Bonchev–Trinajstić information content (AvgIpc) is 2.71. The predicted octanol–water partition coefficient (Wildman–Crippen LogP) is 4.12. The highest BCUT2D eigenvalue weighted by molar-refractivity contribution is 9.10. The number of rotatable bonds is 7. The molecule has 7 heteroatoms. The molecule has 0 saturated heterocycles. The van der Waals surface area contributed by atoms with Gasteiger partial charge in [-0.1, -0.05) is 76.6 Å². The number of amides is 1. The lowest BCUT2D eigenvalue weighted by molar-refractivity contribution is -0.120. The monoisotopic (exact) mass is 472 g/mol. The van der Waals surface area contributed by atoms with Gasteiger partial charge in [-0.05, 0) is 35.4 Å². The highest BCUT2D eigenvalue weighted by atomic mass is 79.9. The van der Waals surface area contributed by atoms with E-state index in [0.29, 0.717) is 5.69 Å². The van der Waals surface area contributed by atoms with Crippen molar-refractivity contribution in [2.75, 3.05) is 17.1 Å². The second-order valence-corrected chi connectivity index (χ2v) is 9.39. The summed E-state index contributed by atoms with van der Waals surface area (Å²) in [7, 11) is -3.63. The van der Waals surface area contributed by atoms with Crippen LogP contribution < -0.4 is 9.62 Å². The fourth-order valence-electron chi connectivity index (χ4n) is 2.99. The first-order valence-electron chi connectivity index (χ1n) is 8.97. The van der Waals surface area contributed by atoms with Crippen LogP contribution in [0, 0.1) is 0 Å². The van der Waals surface area contributed by atoms with Crippen LogP contribution in [-0.4, -0.2) is 27.1 Å². The van der Waals surface area contributed by atoms with E-state index in [9.17, 15) is 13.2 Å². The first-order chi connectivity index (χ1) is 13.8. The maximum absolute atomic E-state index is 12.9. The molecule has 0 aliphatic rings. The van der Waals surface area contributed by atoms with Crippen molar-refractivity contribution in [2.45, 2.75) is 6.04 Å². The largest absolute Gasteiger partial charge is 0.344 e. The molecule has 3 rings (SSSR count). The molecule has 5 nitrogen and oxygen atoms in total. The van der Waals surface area contributed by atoms with E-state index in [1.165, 1.54) is 0 Å². The summed E-state index contributed by atoms with van der Waals surface area (Å²) in [6.45, 7) is -0.309. The number of benzene rings is 3. The van der Waals surface area contributed by atoms with E-state index in [2.05, 4.69) is 21.2 Å². The maximum Gasteiger partial charge on any atom is 0.241 e. The van der Waals surface area contributed by atoms with Crippen LogP contribution in [0.3, 0.4) is 0 Å². The summed E-state index contributed by atoms with van der Waals surface area (Å²) < 4.78 is 26.5. The van der Waals surface area contributed by atoms with Crippen LogP contribution >= 0.6 is 15.9 Å². The minimum absolute atomic E-state index is 0.309. The van der Waals surface area contributed by atoms with E-state index in [4.69, 9.17) is 0 Å². The molecular formula is C22H21BrN2O3S. The predicted molar refractivity (Wildman–Crippen MR) is 119 cm³/mol. The smallest absolute Gasteiger partial charge is 0.241 e. The molecule has 29 heavy (non-hydrogen) atoms. The maximum atomic E-state index is 12.9. The summed E-state index contributed by atoms with van der Waals surface area (Å²) in [5, 5.41) is 2.98. The number of halogens is 1. The number of nitrogens with zero attached hydrogens (tertiary/aromatic N) is 1. The van der Waals surface area contributed by atoms with Crippen LogP contribution in [0.25, 0.3) is 0 Å². The first kappa shape index (κ1) is 21.1. The van der Waals surface area contributed by atoms with E-state index in [1.54, 1.807) is 24.3 Å². The molecule has 1 N–H and O–H groups in total. The lowest BCUT2D eigenvalue weighted by atomic mass is 9.99. The number of sulfonamides is 1. The van der Waals surface area contributed by atoms with E-state index in [1.807, 2.05) is 60.7 Å². The zero-order valence-corrected chi connectivity index (χ0v) is 18.2. The molecular weight excluding hydrogens is 452 g/mol. The molecule has 0 aliphatic carbocycles. The number of hydrogen-bond acceptors (Lipinski definition) is 3. The quantitative estimate of drug-likeness (QED) is 0.562. The fraction of sp³-hybridized carbons (Fsp3) is 0.136. The molecule has 150 valence electrons. The Morgan fingerprint density at radius 1 is 0.897 bits per heavy atom. The summed E-state index contributed by atoms with van der Waals surface area (Å²) in [6.07, 6.45) is 1.09. The van der Waals surface area contributed by atoms with Crippen molar-refractivity contribution < 1.29 is 13.2 Å². The average molecular weight is 473 g/mol. The second-order valence-electron chi connectivity index (χ2n) is 6.57. The van der Waals surface area contributed by atoms with Gasteiger partial charge in [0.05, 0.1) is 18.0 Å². The van der Waals surface area contributed by atoms with Gasteiger partial charge in [0.1, 0.15) is 6.54 Å². The highest BCUT2D eigenvalue weighted by Gasteiger charge is 2.23. The van der Waals surface area contributed by atoms with Gasteiger partial charge < -0.3 is 5.32 Å².